The summed E-state index contributed by atoms with van der Waals surface area (Å²) in [6.45, 7) is 2.15. The number of rotatable bonds is 4. The Morgan fingerprint density at radius 1 is 1.41 bits per heavy atom. The van der Waals surface area contributed by atoms with Crippen molar-refractivity contribution in [2.45, 2.75) is 25.1 Å². The number of hydrogen-bond acceptors (Lipinski definition) is 1. The molecule has 0 spiro atoms. The minimum atomic E-state index is 0.761. The van der Waals surface area contributed by atoms with Crippen LogP contribution in [0.3, 0.4) is 0 Å². The van der Waals surface area contributed by atoms with Crippen LogP contribution in [-0.2, 0) is 11.8 Å². The molecule has 1 heterocycles. The molecule has 1 aromatic heterocycles. The van der Waals surface area contributed by atoms with Crippen molar-refractivity contribution in [1.82, 2.24) is 9.55 Å². The molecule has 0 atom stereocenters. The Morgan fingerprint density at radius 3 is 2.88 bits per heavy atom. The molecule has 17 heavy (non-hydrogen) atoms. The van der Waals surface area contributed by atoms with Gasteiger partial charge in [0.1, 0.15) is 5.82 Å². The van der Waals surface area contributed by atoms with E-state index in [9.17, 15) is 0 Å². The second-order valence-electron chi connectivity index (χ2n) is 3.88. The SMILES string of the molecule is CCCc1nccn1-c1ccc(CBr)cc1Cl. The highest BCUT2D eigenvalue weighted by molar-refractivity contribution is 9.08. The van der Waals surface area contributed by atoms with Gasteiger partial charge in [-0.15, -0.1) is 0 Å². The molecule has 0 saturated heterocycles. The summed E-state index contributed by atoms with van der Waals surface area (Å²) >= 11 is 9.73. The monoisotopic (exact) mass is 312 g/mol. The number of nitrogens with zero attached hydrogens (tertiary/aromatic N) is 2. The van der Waals surface area contributed by atoms with E-state index in [0.717, 1.165) is 34.7 Å². The highest BCUT2D eigenvalue weighted by Crippen LogP contribution is 2.24. The first-order chi connectivity index (χ1) is 8.26. The summed E-state index contributed by atoms with van der Waals surface area (Å²) in [5.41, 5.74) is 2.17. The number of benzene rings is 1. The van der Waals surface area contributed by atoms with Crippen LogP contribution in [0.4, 0.5) is 0 Å². The van der Waals surface area contributed by atoms with Gasteiger partial charge in [0.2, 0.25) is 0 Å². The number of imidazole rings is 1. The zero-order valence-electron chi connectivity index (χ0n) is 9.66. The zero-order chi connectivity index (χ0) is 12.3. The third-order valence-electron chi connectivity index (χ3n) is 2.62. The van der Waals surface area contributed by atoms with Gasteiger partial charge in [-0.25, -0.2) is 4.98 Å². The van der Waals surface area contributed by atoms with Gasteiger partial charge in [0.25, 0.3) is 0 Å². The van der Waals surface area contributed by atoms with Crippen LogP contribution in [0, 0.1) is 0 Å². The molecule has 2 nitrogen and oxygen atoms in total. The number of alkyl halides is 1. The molecule has 4 heteroatoms. The smallest absolute Gasteiger partial charge is 0.113 e. The lowest BCUT2D eigenvalue weighted by molar-refractivity contribution is 0.809. The van der Waals surface area contributed by atoms with Crippen molar-refractivity contribution >= 4 is 27.5 Å². The molecule has 2 rings (SSSR count). The van der Waals surface area contributed by atoms with Crippen LogP contribution in [0.15, 0.2) is 30.6 Å². The molecule has 0 saturated carbocycles. The van der Waals surface area contributed by atoms with E-state index in [1.54, 1.807) is 0 Å². The van der Waals surface area contributed by atoms with Gasteiger partial charge in [-0.2, -0.15) is 0 Å². The van der Waals surface area contributed by atoms with E-state index >= 15 is 0 Å². The maximum atomic E-state index is 6.30. The van der Waals surface area contributed by atoms with Crippen molar-refractivity contribution in [1.29, 1.82) is 0 Å². The van der Waals surface area contributed by atoms with Crippen molar-refractivity contribution in [3.8, 4) is 5.69 Å². The molecule has 0 amide bonds. The maximum absolute atomic E-state index is 6.30. The predicted molar refractivity (Wildman–Crippen MR) is 75.2 cm³/mol. The summed E-state index contributed by atoms with van der Waals surface area (Å²) in [6, 6.07) is 6.10. The number of aromatic nitrogens is 2. The van der Waals surface area contributed by atoms with E-state index < -0.39 is 0 Å². The second-order valence-corrected chi connectivity index (χ2v) is 4.85. The molecule has 0 N–H and O–H groups in total. The Labute approximate surface area is 115 Å². The molecule has 0 aliphatic rings. The summed E-state index contributed by atoms with van der Waals surface area (Å²) in [6.07, 6.45) is 5.82. The van der Waals surface area contributed by atoms with Crippen LogP contribution in [0.25, 0.3) is 5.69 Å². The number of aryl methyl sites for hydroxylation is 1. The first-order valence-electron chi connectivity index (χ1n) is 5.63. The van der Waals surface area contributed by atoms with Gasteiger partial charge in [-0.05, 0) is 24.1 Å². The van der Waals surface area contributed by atoms with Crippen molar-refractivity contribution < 1.29 is 0 Å². The van der Waals surface area contributed by atoms with Crippen LogP contribution < -0.4 is 0 Å². The molecular formula is C13H14BrClN2. The lowest BCUT2D eigenvalue weighted by atomic mass is 10.2. The van der Waals surface area contributed by atoms with Crippen molar-refractivity contribution in [2.75, 3.05) is 0 Å². The molecule has 0 bridgehead atoms. The Kier molecular flexibility index (Phi) is 4.24. The Hall–Kier alpha value is -0.800. The molecule has 0 aliphatic carbocycles. The van der Waals surface area contributed by atoms with Crippen LogP contribution in [0.1, 0.15) is 24.7 Å². The highest BCUT2D eigenvalue weighted by Gasteiger charge is 2.08. The molecule has 0 radical (unpaired) electrons. The van der Waals surface area contributed by atoms with E-state index in [4.69, 9.17) is 11.6 Å². The lowest BCUT2D eigenvalue weighted by Gasteiger charge is -2.10. The average molecular weight is 314 g/mol. The molecule has 90 valence electrons. The standard InChI is InChI=1S/C13H14BrClN2/c1-2-3-13-16-6-7-17(13)12-5-4-10(9-14)8-11(12)15/h4-8H,2-3,9H2,1H3. The Morgan fingerprint density at radius 2 is 2.24 bits per heavy atom. The number of hydrogen-bond donors (Lipinski definition) is 0. The highest BCUT2D eigenvalue weighted by atomic mass is 79.9. The topological polar surface area (TPSA) is 17.8 Å². The van der Waals surface area contributed by atoms with Gasteiger partial charge < -0.3 is 4.57 Å². The third kappa shape index (κ3) is 2.72. The minimum Gasteiger partial charge on any atom is -0.302 e. The van der Waals surface area contributed by atoms with Crippen LogP contribution in [0.2, 0.25) is 5.02 Å². The fourth-order valence-corrected chi connectivity index (χ4v) is 2.43. The van der Waals surface area contributed by atoms with E-state index in [1.165, 1.54) is 5.56 Å². The van der Waals surface area contributed by atoms with Crippen molar-refractivity contribution in [2.24, 2.45) is 0 Å². The van der Waals surface area contributed by atoms with Crippen molar-refractivity contribution in [3.05, 3.63) is 47.0 Å². The van der Waals surface area contributed by atoms with Crippen LogP contribution in [-0.4, -0.2) is 9.55 Å². The zero-order valence-corrected chi connectivity index (χ0v) is 12.0. The van der Waals surface area contributed by atoms with Crippen LogP contribution in [0.5, 0.6) is 0 Å². The minimum absolute atomic E-state index is 0.761. The van der Waals surface area contributed by atoms with Gasteiger partial charge in [0.05, 0.1) is 10.7 Å². The van der Waals surface area contributed by atoms with E-state index in [2.05, 4.69) is 38.5 Å². The summed E-state index contributed by atoms with van der Waals surface area (Å²) < 4.78 is 2.06. The van der Waals surface area contributed by atoms with Gasteiger partial charge >= 0.3 is 0 Å². The summed E-state index contributed by atoms with van der Waals surface area (Å²) in [5.74, 6) is 1.06. The van der Waals surface area contributed by atoms with Crippen molar-refractivity contribution in [3.63, 3.8) is 0 Å². The van der Waals surface area contributed by atoms with Gasteiger partial charge in [-0.3, -0.25) is 0 Å². The lowest BCUT2D eigenvalue weighted by Crippen LogP contribution is -2.01. The van der Waals surface area contributed by atoms with Gasteiger partial charge in [0, 0.05) is 24.1 Å². The van der Waals surface area contributed by atoms with E-state index in [-0.39, 0.29) is 0 Å². The summed E-state index contributed by atoms with van der Waals surface area (Å²) in [7, 11) is 0. The quantitative estimate of drug-likeness (QED) is 0.766. The van der Waals surface area contributed by atoms with E-state index in [1.807, 2.05) is 24.5 Å². The van der Waals surface area contributed by atoms with Gasteiger partial charge in [-0.1, -0.05) is 40.5 Å². The fraction of sp³-hybridized carbons (Fsp3) is 0.308. The molecule has 2 aromatic rings. The largest absolute Gasteiger partial charge is 0.302 e. The first kappa shape index (κ1) is 12.7. The number of halogens is 2. The van der Waals surface area contributed by atoms with Gasteiger partial charge in [0.15, 0.2) is 0 Å². The Bertz CT molecular complexity index is 508. The average Bonchev–Trinajstić information content (AvgIpc) is 2.77. The predicted octanol–water partition coefficient (Wildman–Crippen LogP) is 4.37. The maximum Gasteiger partial charge on any atom is 0.113 e. The third-order valence-corrected chi connectivity index (χ3v) is 3.57. The Balaban J connectivity index is 2.42. The molecule has 0 unspecified atom stereocenters. The van der Waals surface area contributed by atoms with Crippen LogP contribution >= 0.6 is 27.5 Å². The molecule has 0 aliphatic heterocycles. The molecule has 1 aromatic carbocycles. The molecular weight excluding hydrogens is 300 g/mol. The fourth-order valence-electron chi connectivity index (χ4n) is 1.79. The first-order valence-corrected chi connectivity index (χ1v) is 7.13. The summed E-state index contributed by atoms with van der Waals surface area (Å²) in [5, 5.41) is 1.58. The summed E-state index contributed by atoms with van der Waals surface area (Å²) in [4.78, 5) is 4.36. The molecule has 0 fully saturated rings. The normalized spacial score (nSPS) is 10.8. The second kappa shape index (κ2) is 5.69. The van der Waals surface area contributed by atoms with E-state index in [0.29, 0.717) is 0 Å².